The van der Waals surface area contributed by atoms with Crippen LogP contribution in [0.3, 0.4) is 0 Å². The van der Waals surface area contributed by atoms with E-state index in [1.807, 2.05) is 20.8 Å². The fraction of sp³-hybridized carbons (Fsp3) is 0.364. The van der Waals surface area contributed by atoms with Crippen LogP contribution in [0, 0.1) is 5.82 Å². The topological polar surface area (TPSA) is 38.9 Å². The monoisotopic (exact) mass is 226 g/mol. The minimum absolute atomic E-state index is 0.235. The van der Waals surface area contributed by atoms with Crippen LogP contribution < -0.4 is 5.73 Å². The lowest BCUT2D eigenvalue weighted by Gasteiger charge is -1.97. The van der Waals surface area contributed by atoms with Crippen LogP contribution in [-0.4, -0.2) is 4.98 Å². The predicted molar refractivity (Wildman–Crippen MR) is 64.7 cm³/mol. The Morgan fingerprint density at radius 3 is 2.67 bits per heavy atom. The second-order valence-corrected chi connectivity index (χ2v) is 3.82. The summed E-state index contributed by atoms with van der Waals surface area (Å²) in [7, 11) is 0. The smallest absolute Gasteiger partial charge is 0.181 e. The van der Waals surface area contributed by atoms with Crippen molar-refractivity contribution in [1.29, 1.82) is 0 Å². The van der Waals surface area contributed by atoms with Crippen molar-refractivity contribution in [2.24, 2.45) is 0 Å². The van der Waals surface area contributed by atoms with Crippen LogP contribution in [0.4, 0.5) is 9.52 Å². The molecular formula is C11H15FN2S. The number of aromatic nitrogens is 1. The molecule has 0 saturated heterocycles. The number of nitrogens with zero attached hydrogens (tertiary/aromatic N) is 1. The molecule has 0 unspecified atom stereocenters. The van der Waals surface area contributed by atoms with Crippen LogP contribution in [0.25, 0.3) is 10.2 Å². The minimum Gasteiger partial charge on any atom is -0.375 e. The van der Waals surface area contributed by atoms with E-state index >= 15 is 0 Å². The third-order valence-corrected chi connectivity index (χ3v) is 2.87. The molecule has 0 fully saturated rings. The number of rotatable bonds is 1. The maximum absolute atomic E-state index is 13.2. The molecule has 1 aromatic heterocycles. The van der Waals surface area contributed by atoms with Gasteiger partial charge in [-0.2, -0.15) is 0 Å². The number of fused-ring (bicyclic) bond motifs is 1. The second-order valence-electron chi connectivity index (χ2n) is 2.79. The summed E-state index contributed by atoms with van der Waals surface area (Å²) in [5.74, 6) is -0.235. The summed E-state index contributed by atoms with van der Waals surface area (Å²) in [5, 5.41) is 0.426. The highest BCUT2D eigenvalue weighted by Crippen LogP contribution is 2.29. The molecule has 2 N–H and O–H groups in total. The van der Waals surface area contributed by atoms with Gasteiger partial charge in [0.25, 0.3) is 0 Å². The molecule has 2 nitrogen and oxygen atoms in total. The maximum Gasteiger partial charge on any atom is 0.181 e. The van der Waals surface area contributed by atoms with Crippen LogP contribution in [0.2, 0.25) is 0 Å². The Labute approximate surface area is 92.9 Å². The molecule has 0 atom stereocenters. The van der Waals surface area contributed by atoms with Gasteiger partial charge in [-0.1, -0.05) is 38.2 Å². The number of halogens is 1. The van der Waals surface area contributed by atoms with Gasteiger partial charge < -0.3 is 5.73 Å². The zero-order valence-electron chi connectivity index (χ0n) is 9.17. The molecule has 2 rings (SSSR count). The SMILES string of the molecule is CC.CCc1ccc(F)c2sc(N)nc12. The van der Waals surface area contributed by atoms with E-state index in [4.69, 9.17) is 5.73 Å². The van der Waals surface area contributed by atoms with Gasteiger partial charge >= 0.3 is 0 Å². The summed E-state index contributed by atoms with van der Waals surface area (Å²) in [6.07, 6.45) is 0.847. The number of hydrogen-bond acceptors (Lipinski definition) is 3. The van der Waals surface area contributed by atoms with Crippen molar-refractivity contribution in [2.75, 3.05) is 5.73 Å². The first kappa shape index (κ1) is 11.9. The highest BCUT2D eigenvalue weighted by molar-refractivity contribution is 7.22. The zero-order valence-corrected chi connectivity index (χ0v) is 9.99. The average molecular weight is 226 g/mol. The van der Waals surface area contributed by atoms with Crippen LogP contribution in [0.15, 0.2) is 12.1 Å². The Morgan fingerprint density at radius 1 is 1.40 bits per heavy atom. The van der Waals surface area contributed by atoms with Gasteiger partial charge in [0.1, 0.15) is 5.82 Å². The van der Waals surface area contributed by atoms with E-state index in [2.05, 4.69) is 4.98 Å². The van der Waals surface area contributed by atoms with Crippen molar-refractivity contribution in [3.05, 3.63) is 23.5 Å². The van der Waals surface area contributed by atoms with Crippen molar-refractivity contribution < 1.29 is 4.39 Å². The summed E-state index contributed by atoms with van der Waals surface area (Å²) in [4.78, 5) is 4.10. The summed E-state index contributed by atoms with van der Waals surface area (Å²) < 4.78 is 13.8. The lowest BCUT2D eigenvalue weighted by Crippen LogP contribution is -1.85. The van der Waals surface area contributed by atoms with Gasteiger partial charge in [0.15, 0.2) is 5.13 Å². The number of hydrogen-bond donors (Lipinski definition) is 1. The molecule has 1 heterocycles. The standard InChI is InChI=1S/C9H9FN2S.C2H6/c1-2-5-3-4-6(10)8-7(5)12-9(11)13-8;1-2/h3-4H,2H2,1H3,(H2,11,12);1-2H3. The van der Waals surface area contributed by atoms with E-state index < -0.39 is 0 Å². The summed E-state index contributed by atoms with van der Waals surface area (Å²) in [5.41, 5.74) is 7.28. The fourth-order valence-corrected chi connectivity index (χ4v) is 2.11. The van der Waals surface area contributed by atoms with Gasteiger partial charge in [-0.3, -0.25) is 0 Å². The molecule has 0 radical (unpaired) electrons. The van der Waals surface area contributed by atoms with Crippen molar-refractivity contribution in [1.82, 2.24) is 4.98 Å². The number of thiazole rings is 1. The fourth-order valence-electron chi connectivity index (χ4n) is 1.33. The number of benzene rings is 1. The Balaban J connectivity index is 0.000000531. The van der Waals surface area contributed by atoms with Gasteiger partial charge in [0, 0.05) is 0 Å². The highest BCUT2D eigenvalue weighted by atomic mass is 32.1. The first-order valence-corrected chi connectivity index (χ1v) is 5.87. The van der Waals surface area contributed by atoms with Crippen LogP contribution in [0.1, 0.15) is 26.3 Å². The molecule has 15 heavy (non-hydrogen) atoms. The number of nitrogen functional groups attached to an aromatic ring is 1. The zero-order chi connectivity index (χ0) is 11.4. The lowest BCUT2D eigenvalue weighted by atomic mass is 10.1. The predicted octanol–water partition coefficient (Wildman–Crippen LogP) is 3.61. The molecule has 82 valence electrons. The first-order chi connectivity index (χ1) is 7.22. The summed E-state index contributed by atoms with van der Waals surface area (Å²) in [6.45, 7) is 6.02. The molecule has 0 saturated carbocycles. The van der Waals surface area contributed by atoms with Crippen LogP contribution in [0.5, 0.6) is 0 Å². The van der Waals surface area contributed by atoms with Crippen molar-refractivity contribution in [2.45, 2.75) is 27.2 Å². The van der Waals surface area contributed by atoms with Crippen molar-refractivity contribution >= 4 is 26.7 Å². The van der Waals surface area contributed by atoms with Gasteiger partial charge in [-0.15, -0.1) is 0 Å². The summed E-state index contributed by atoms with van der Waals surface area (Å²) in [6, 6.07) is 3.23. The summed E-state index contributed by atoms with van der Waals surface area (Å²) >= 11 is 1.20. The van der Waals surface area contributed by atoms with Gasteiger partial charge in [-0.05, 0) is 18.1 Å². The van der Waals surface area contributed by atoms with Crippen LogP contribution >= 0.6 is 11.3 Å². The van der Waals surface area contributed by atoms with E-state index in [1.165, 1.54) is 17.4 Å². The lowest BCUT2D eigenvalue weighted by molar-refractivity contribution is 0.641. The second kappa shape index (κ2) is 5.07. The molecular weight excluding hydrogens is 211 g/mol. The molecule has 1 aromatic carbocycles. The Morgan fingerprint density at radius 2 is 2.07 bits per heavy atom. The van der Waals surface area contributed by atoms with E-state index in [0.29, 0.717) is 15.3 Å². The van der Waals surface area contributed by atoms with E-state index in [9.17, 15) is 4.39 Å². The number of aryl methyl sites for hydroxylation is 1. The largest absolute Gasteiger partial charge is 0.375 e. The van der Waals surface area contributed by atoms with Crippen molar-refractivity contribution in [3.8, 4) is 0 Å². The van der Waals surface area contributed by atoms with E-state index in [1.54, 1.807) is 6.07 Å². The molecule has 0 bridgehead atoms. The van der Waals surface area contributed by atoms with Gasteiger partial charge in [0.2, 0.25) is 0 Å². The average Bonchev–Trinajstić information content (AvgIpc) is 2.64. The Hall–Kier alpha value is -1.16. The maximum atomic E-state index is 13.2. The molecule has 0 spiro atoms. The third-order valence-electron chi connectivity index (χ3n) is 1.98. The quantitative estimate of drug-likeness (QED) is 0.806. The molecule has 4 heteroatoms. The minimum atomic E-state index is -0.235. The highest BCUT2D eigenvalue weighted by Gasteiger charge is 2.09. The molecule has 0 amide bonds. The first-order valence-electron chi connectivity index (χ1n) is 5.05. The Kier molecular flexibility index (Phi) is 4.03. The molecule has 2 aromatic rings. The van der Waals surface area contributed by atoms with Crippen molar-refractivity contribution in [3.63, 3.8) is 0 Å². The number of anilines is 1. The van der Waals surface area contributed by atoms with E-state index in [0.717, 1.165) is 12.0 Å². The van der Waals surface area contributed by atoms with Crippen LogP contribution in [-0.2, 0) is 6.42 Å². The number of nitrogens with two attached hydrogens (primary N) is 1. The van der Waals surface area contributed by atoms with Gasteiger partial charge in [0.05, 0.1) is 10.2 Å². The van der Waals surface area contributed by atoms with Gasteiger partial charge in [-0.25, -0.2) is 9.37 Å². The Bertz CT molecular complexity index is 451. The third kappa shape index (κ3) is 2.26. The normalized spacial score (nSPS) is 9.87. The van der Waals surface area contributed by atoms with E-state index in [-0.39, 0.29) is 5.82 Å². The molecule has 0 aliphatic rings. The molecule has 0 aliphatic heterocycles. The molecule has 0 aliphatic carbocycles.